The normalized spacial score (nSPS) is 20.2. The number of allylic oxidation sites excluding steroid dienone is 7. The van der Waals surface area contributed by atoms with Gasteiger partial charge >= 0.3 is 6.03 Å². The third kappa shape index (κ3) is 5.67. The quantitative estimate of drug-likeness (QED) is 0.550. The van der Waals surface area contributed by atoms with Crippen molar-refractivity contribution in [2.75, 3.05) is 40.3 Å². The van der Waals surface area contributed by atoms with Gasteiger partial charge in [-0.25, -0.2) is 4.79 Å². The molecule has 176 valence electrons. The Morgan fingerprint density at radius 1 is 1.22 bits per heavy atom. The first kappa shape index (κ1) is 25.4. The fraction of sp³-hybridized carbons (Fsp3) is 0.500. The lowest BCUT2D eigenvalue weighted by atomic mass is 9.88. The summed E-state index contributed by atoms with van der Waals surface area (Å²) in [6, 6.07) is 0.0330. The molecule has 6 nitrogen and oxygen atoms in total. The Labute approximate surface area is 194 Å². The number of urea groups is 1. The summed E-state index contributed by atoms with van der Waals surface area (Å²) in [4.78, 5) is 20.1. The molecule has 32 heavy (non-hydrogen) atoms. The number of amides is 2. The molecule has 1 saturated heterocycles. The third-order valence-corrected chi connectivity index (χ3v) is 6.04. The van der Waals surface area contributed by atoms with Crippen molar-refractivity contribution >= 4 is 6.03 Å². The second-order valence-corrected chi connectivity index (χ2v) is 8.44. The van der Waals surface area contributed by atoms with Gasteiger partial charge in [0.15, 0.2) is 0 Å². The molecular formula is C26H40N4O2. The van der Waals surface area contributed by atoms with Gasteiger partial charge in [0.1, 0.15) is 11.6 Å². The second-order valence-electron chi connectivity index (χ2n) is 8.44. The average Bonchev–Trinajstić information content (AvgIpc) is 2.80. The van der Waals surface area contributed by atoms with E-state index in [1.807, 2.05) is 17.2 Å². The Hall–Kier alpha value is -2.89. The first-order chi connectivity index (χ1) is 15.3. The van der Waals surface area contributed by atoms with Gasteiger partial charge in [0, 0.05) is 58.6 Å². The molecule has 1 N–H and O–H groups in total. The Balaban J connectivity index is 2.45. The maximum absolute atomic E-state index is 12.3. The molecule has 6 heteroatoms. The van der Waals surface area contributed by atoms with Crippen LogP contribution in [0.15, 0.2) is 71.6 Å². The van der Waals surface area contributed by atoms with E-state index in [9.17, 15) is 9.90 Å². The number of rotatable bonds is 7. The van der Waals surface area contributed by atoms with Crippen molar-refractivity contribution in [3.8, 4) is 0 Å². The number of aliphatic hydroxyl groups is 1. The van der Waals surface area contributed by atoms with E-state index in [0.29, 0.717) is 32.1 Å². The smallest absolute Gasteiger partial charge is 0.319 e. The van der Waals surface area contributed by atoms with Gasteiger partial charge in [0.25, 0.3) is 0 Å². The van der Waals surface area contributed by atoms with Crippen LogP contribution in [-0.2, 0) is 0 Å². The van der Waals surface area contributed by atoms with Gasteiger partial charge in [-0.3, -0.25) is 0 Å². The largest absolute Gasteiger partial charge is 0.508 e. The molecule has 0 spiro atoms. The predicted molar refractivity (Wildman–Crippen MR) is 133 cm³/mol. The highest BCUT2D eigenvalue weighted by molar-refractivity contribution is 5.73. The SMILES string of the molecule is C=CN1C(N2CCN(C(=O)N(C)C)CC2)=CC(O)=C\C1=C(C(/C=C\CC)=C/C)\[C@H](C)CC. The Morgan fingerprint density at radius 2 is 1.88 bits per heavy atom. The predicted octanol–water partition coefficient (Wildman–Crippen LogP) is 5.24. The molecule has 0 radical (unpaired) electrons. The molecule has 0 unspecified atom stereocenters. The van der Waals surface area contributed by atoms with Crippen molar-refractivity contribution in [1.29, 1.82) is 0 Å². The van der Waals surface area contributed by atoms with Crippen molar-refractivity contribution in [2.24, 2.45) is 5.92 Å². The van der Waals surface area contributed by atoms with Crippen molar-refractivity contribution in [1.82, 2.24) is 19.6 Å². The molecule has 2 amide bonds. The lowest BCUT2D eigenvalue weighted by Gasteiger charge is -2.42. The molecular weight excluding hydrogens is 400 g/mol. The summed E-state index contributed by atoms with van der Waals surface area (Å²) in [7, 11) is 3.56. The molecule has 0 aromatic carbocycles. The number of hydrogen-bond acceptors (Lipinski definition) is 4. The van der Waals surface area contributed by atoms with Crippen molar-refractivity contribution in [3.05, 3.63) is 71.6 Å². The zero-order valence-corrected chi connectivity index (χ0v) is 20.6. The van der Waals surface area contributed by atoms with E-state index in [1.54, 1.807) is 25.1 Å². The highest BCUT2D eigenvalue weighted by atomic mass is 16.3. The first-order valence-corrected chi connectivity index (χ1v) is 11.6. The third-order valence-electron chi connectivity index (χ3n) is 6.04. The van der Waals surface area contributed by atoms with E-state index in [4.69, 9.17) is 0 Å². The summed E-state index contributed by atoms with van der Waals surface area (Å²) >= 11 is 0. The van der Waals surface area contributed by atoms with E-state index >= 15 is 0 Å². The van der Waals surface area contributed by atoms with Crippen LogP contribution < -0.4 is 0 Å². The summed E-state index contributed by atoms with van der Waals surface area (Å²) in [5, 5.41) is 10.7. The van der Waals surface area contributed by atoms with E-state index in [0.717, 1.165) is 29.9 Å². The standard InChI is InChI=1S/C26H40N4O2/c1-8-12-13-21(10-3)25(20(5)9-2)23-18-22(31)19-24(30(23)11-4)28-14-16-29(17-15-28)26(32)27(6)7/h10-13,18-20,31H,4,8-9,14-17H2,1-3,5-7H3/b13-12-,21-10+,25-23+/t20-/m1/s1. The van der Waals surface area contributed by atoms with Gasteiger partial charge in [-0.2, -0.15) is 0 Å². The summed E-state index contributed by atoms with van der Waals surface area (Å²) in [5.41, 5.74) is 3.30. The van der Waals surface area contributed by atoms with Gasteiger partial charge in [-0.1, -0.05) is 45.6 Å². The molecule has 0 saturated carbocycles. The zero-order chi connectivity index (χ0) is 23.8. The molecule has 0 aliphatic carbocycles. The van der Waals surface area contributed by atoms with Crippen LogP contribution in [0.3, 0.4) is 0 Å². The van der Waals surface area contributed by atoms with E-state index in [-0.39, 0.29) is 11.8 Å². The van der Waals surface area contributed by atoms with Gasteiger partial charge < -0.3 is 24.7 Å². The molecule has 2 heterocycles. The number of carbonyl (C=O) groups is 1. The van der Waals surface area contributed by atoms with E-state index < -0.39 is 0 Å². The summed E-state index contributed by atoms with van der Waals surface area (Å²) < 4.78 is 0. The van der Waals surface area contributed by atoms with Crippen LogP contribution in [0.2, 0.25) is 0 Å². The van der Waals surface area contributed by atoms with Crippen LogP contribution >= 0.6 is 0 Å². The summed E-state index contributed by atoms with van der Waals surface area (Å²) in [6.07, 6.45) is 13.9. The van der Waals surface area contributed by atoms with Gasteiger partial charge in [-0.15, -0.1) is 0 Å². The van der Waals surface area contributed by atoms with Crippen molar-refractivity contribution in [3.63, 3.8) is 0 Å². The summed E-state index contributed by atoms with van der Waals surface area (Å²) in [6.45, 7) is 15.4. The summed E-state index contributed by atoms with van der Waals surface area (Å²) in [5.74, 6) is 1.43. The Bertz CT molecular complexity index is 840. The molecule has 0 bridgehead atoms. The minimum atomic E-state index is 0.0330. The van der Waals surface area contributed by atoms with Crippen molar-refractivity contribution < 1.29 is 9.90 Å². The number of carbonyl (C=O) groups excluding carboxylic acids is 1. The number of aliphatic hydroxyl groups excluding tert-OH is 1. The maximum Gasteiger partial charge on any atom is 0.319 e. The molecule has 0 aromatic rings. The fourth-order valence-corrected chi connectivity index (χ4v) is 4.10. The lowest BCUT2D eigenvalue weighted by Crippen LogP contribution is -2.52. The lowest BCUT2D eigenvalue weighted by molar-refractivity contribution is 0.127. The van der Waals surface area contributed by atoms with Crippen LogP contribution in [-0.4, -0.2) is 71.0 Å². The van der Waals surface area contributed by atoms with Crippen LogP contribution in [0.1, 0.15) is 40.5 Å². The highest BCUT2D eigenvalue weighted by Crippen LogP contribution is 2.35. The van der Waals surface area contributed by atoms with Gasteiger partial charge in [0.05, 0.1) is 5.70 Å². The highest BCUT2D eigenvalue weighted by Gasteiger charge is 2.29. The van der Waals surface area contributed by atoms with Crippen molar-refractivity contribution in [2.45, 2.75) is 40.5 Å². The number of hydrogen-bond donors (Lipinski definition) is 1. The molecule has 1 fully saturated rings. The minimum absolute atomic E-state index is 0.0330. The van der Waals surface area contributed by atoms with Gasteiger partial charge in [-0.05, 0) is 36.8 Å². The Morgan fingerprint density at radius 3 is 2.38 bits per heavy atom. The van der Waals surface area contributed by atoms with E-state index in [2.05, 4.69) is 62.3 Å². The molecule has 2 aliphatic heterocycles. The van der Waals surface area contributed by atoms with Crippen LogP contribution in [0, 0.1) is 5.92 Å². The minimum Gasteiger partial charge on any atom is -0.508 e. The molecule has 2 aliphatic rings. The topological polar surface area (TPSA) is 50.3 Å². The van der Waals surface area contributed by atoms with Crippen LogP contribution in [0.5, 0.6) is 0 Å². The monoisotopic (exact) mass is 440 g/mol. The average molecular weight is 441 g/mol. The number of nitrogens with zero attached hydrogens (tertiary/aromatic N) is 4. The van der Waals surface area contributed by atoms with Crippen LogP contribution in [0.25, 0.3) is 0 Å². The Kier molecular flexibility index (Phi) is 9.24. The fourth-order valence-electron chi connectivity index (χ4n) is 4.10. The van der Waals surface area contributed by atoms with E-state index in [1.165, 1.54) is 5.57 Å². The second kappa shape index (κ2) is 11.7. The van der Waals surface area contributed by atoms with Gasteiger partial charge in [0.2, 0.25) is 0 Å². The molecule has 0 aromatic heterocycles. The molecule has 2 rings (SSSR count). The first-order valence-electron chi connectivity index (χ1n) is 11.6. The molecule has 1 atom stereocenters. The zero-order valence-electron chi connectivity index (χ0n) is 20.6. The van der Waals surface area contributed by atoms with Crippen LogP contribution in [0.4, 0.5) is 4.79 Å². The number of piperazine rings is 1. The maximum atomic E-state index is 12.3.